The number of nitriles is 1. The fourth-order valence-electron chi connectivity index (χ4n) is 5.08. The summed E-state index contributed by atoms with van der Waals surface area (Å²) >= 11 is 1.62. The average molecular weight is 479 g/mol. The zero-order chi connectivity index (χ0) is 23.8. The Bertz CT molecular complexity index is 1640. The number of benzene rings is 3. The number of rotatable bonds is 5. The molecular weight excluding hydrogens is 452 g/mol. The van der Waals surface area contributed by atoms with E-state index in [0.717, 1.165) is 46.2 Å². The third-order valence-corrected chi connectivity index (χ3v) is 8.03. The van der Waals surface area contributed by atoms with Gasteiger partial charge >= 0.3 is 0 Å². The summed E-state index contributed by atoms with van der Waals surface area (Å²) < 4.78 is 1.73. The summed E-state index contributed by atoms with van der Waals surface area (Å²) in [7, 11) is 0. The Kier molecular flexibility index (Phi) is 5.65. The lowest BCUT2D eigenvalue weighted by molar-refractivity contribution is 0.440. The molecule has 1 aliphatic carbocycles. The van der Waals surface area contributed by atoms with Crippen molar-refractivity contribution in [3.63, 3.8) is 0 Å². The van der Waals surface area contributed by atoms with Crippen molar-refractivity contribution >= 4 is 32.3 Å². The van der Waals surface area contributed by atoms with Crippen molar-refractivity contribution < 1.29 is 1.43 Å². The molecule has 0 radical (unpaired) electrons. The Labute approximate surface area is 208 Å². The maximum atomic E-state index is 13.5. The van der Waals surface area contributed by atoms with Crippen molar-refractivity contribution in [2.45, 2.75) is 37.9 Å². The SMILES string of the molecule is N#CC(NC1CCc2c(sc3ncn(Cc4ccc5ccccc5c4)c(=O)c23)C1)c1ccccc1.[HH]. The van der Waals surface area contributed by atoms with Gasteiger partial charge in [0.2, 0.25) is 0 Å². The maximum absolute atomic E-state index is 13.5. The van der Waals surface area contributed by atoms with Gasteiger partial charge in [-0.2, -0.15) is 5.26 Å². The van der Waals surface area contributed by atoms with Crippen LogP contribution < -0.4 is 10.9 Å². The van der Waals surface area contributed by atoms with Crippen molar-refractivity contribution in [1.29, 1.82) is 5.26 Å². The second kappa shape index (κ2) is 9.10. The number of hydrogen-bond donors (Lipinski definition) is 1. The number of nitrogens with one attached hydrogen (secondary N) is 1. The third-order valence-electron chi connectivity index (χ3n) is 6.87. The predicted molar refractivity (Wildman–Crippen MR) is 143 cm³/mol. The highest BCUT2D eigenvalue weighted by molar-refractivity contribution is 7.18. The van der Waals surface area contributed by atoms with Gasteiger partial charge in [-0.15, -0.1) is 11.3 Å². The molecule has 1 N–H and O–H groups in total. The Hall–Kier alpha value is -3.79. The first-order valence-corrected chi connectivity index (χ1v) is 12.7. The van der Waals surface area contributed by atoms with Gasteiger partial charge < -0.3 is 0 Å². The summed E-state index contributed by atoms with van der Waals surface area (Å²) in [6, 6.07) is 26.7. The van der Waals surface area contributed by atoms with Crippen LogP contribution in [0.25, 0.3) is 21.0 Å². The van der Waals surface area contributed by atoms with Gasteiger partial charge in [-0.3, -0.25) is 14.7 Å². The van der Waals surface area contributed by atoms with Crippen LogP contribution in [0.2, 0.25) is 0 Å². The molecule has 0 saturated carbocycles. The molecule has 174 valence electrons. The Morgan fingerprint density at radius 3 is 2.74 bits per heavy atom. The molecule has 0 amide bonds. The van der Waals surface area contributed by atoms with Crippen LogP contribution >= 0.6 is 11.3 Å². The summed E-state index contributed by atoms with van der Waals surface area (Å²) in [6.45, 7) is 0.502. The van der Waals surface area contributed by atoms with Crippen LogP contribution in [0.4, 0.5) is 0 Å². The molecule has 6 heteroatoms. The molecule has 0 bridgehead atoms. The monoisotopic (exact) mass is 478 g/mol. The van der Waals surface area contributed by atoms with Crippen LogP contribution in [0, 0.1) is 11.3 Å². The molecular formula is C29H26N4OS. The van der Waals surface area contributed by atoms with Gasteiger partial charge in [0.15, 0.2) is 0 Å². The first-order valence-electron chi connectivity index (χ1n) is 11.9. The smallest absolute Gasteiger partial charge is 0.262 e. The normalized spacial score (nSPS) is 16.1. The maximum Gasteiger partial charge on any atom is 0.262 e. The molecule has 2 unspecified atom stereocenters. The Balaban J connectivity index is 0.00000267. The second-order valence-corrected chi connectivity index (χ2v) is 10.2. The van der Waals surface area contributed by atoms with Crippen LogP contribution in [0.5, 0.6) is 0 Å². The lowest BCUT2D eigenvalue weighted by Gasteiger charge is -2.26. The van der Waals surface area contributed by atoms with Crippen LogP contribution in [0.15, 0.2) is 83.9 Å². The van der Waals surface area contributed by atoms with Crippen molar-refractivity contribution in [2.75, 3.05) is 0 Å². The molecule has 2 atom stereocenters. The van der Waals surface area contributed by atoms with E-state index in [1.807, 2.05) is 42.5 Å². The van der Waals surface area contributed by atoms with E-state index in [4.69, 9.17) is 0 Å². The number of fused-ring (bicyclic) bond motifs is 4. The molecule has 3 aromatic carbocycles. The van der Waals surface area contributed by atoms with Gasteiger partial charge in [0.1, 0.15) is 10.9 Å². The predicted octanol–water partition coefficient (Wildman–Crippen LogP) is 5.62. The highest BCUT2D eigenvalue weighted by atomic mass is 32.1. The molecule has 0 saturated heterocycles. The standard InChI is InChI=1S/C29H24N4OS.H2/c30-16-25(21-7-2-1-3-8-21)32-23-12-13-24-26(15-23)35-28-27(24)29(34)33(18-31-28)17-19-10-11-20-6-4-5-9-22(20)14-19;/h1-11,14,18,23,25,32H,12-13,15,17H2;1H. The zero-order valence-electron chi connectivity index (χ0n) is 19.1. The molecule has 35 heavy (non-hydrogen) atoms. The summed E-state index contributed by atoms with van der Waals surface area (Å²) in [4.78, 5) is 20.2. The molecule has 5 nitrogen and oxygen atoms in total. The van der Waals surface area contributed by atoms with Gasteiger partial charge in [0.25, 0.3) is 5.56 Å². The van der Waals surface area contributed by atoms with Crippen molar-refractivity contribution in [3.05, 3.63) is 111 Å². The zero-order valence-corrected chi connectivity index (χ0v) is 20.0. The fourth-order valence-corrected chi connectivity index (χ4v) is 6.34. The number of nitrogens with zero attached hydrogens (tertiary/aromatic N) is 3. The van der Waals surface area contributed by atoms with E-state index in [0.29, 0.717) is 6.54 Å². The number of aromatic nitrogens is 2. The first-order chi connectivity index (χ1) is 17.2. The largest absolute Gasteiger partial charge is 0.295 e. The summed E-state index contributed by atoms with van der Waals surface area (Å²) in [5.74, 6) is 0. The van der Waals surface area contributed by atoms with E-state index in [9.17, 15) is 10.1 Å². The quantitative estimate of drug-likeness (QED) is 0.356. The lowest BCUT2D eigenvalue weighted by Crippen LogP contribution is -2.36. The van der Waals surface area contributed by atoms with Crippen LogP contribution in [0.1, 0.15) is 35.5 Å². The van der Waals surface area contributed by atoms with Crippen molar-refractivity contribution in [2.24, 2.45) is 0 Å². The number of aryl methyl sites for hydroxylation is 1. The lowest BCUT2D eigenvalue weighted by atomic mass is 9.92. The molecule has 0 aliphatic heterocycles. The average Bonchev–Trinajstić information content (AvgIpc) is 3.28. The Morgan fingerprint density at radius 1 is 1.11 bits per heavy atom. The molecule has 0 spiro atoms. The Morgan fingerprint density at radius 2 is 1.91 bits per heavy atom. The highest BCUT2D eigenvalue weighted by Gasteiger charge is 2.27. The minimum atomic E-state index is -0.338. The van der Waals surface area contributed by atoms with E-state index in [1.54, 1.807) is 22.2 Å². The number of hydrogen-bond acceptors (Lipinski definition) is 5. The van der Waals surface area contributed by atoms with E-state index in [-0.39, 0.29) is 19.1 Å². The summed E-state index contributed by atoms with van der Waals surface area (Å²) in [5, 5.41) is 16.4. The van der Waals surface area contributed by atoms with Crippen LogP contribution in [0.3, 0.4) is 0 Å². The van der Waals surface area contributed by atoms with Crippen LogP contribution in [-0.4, -0.2) is 15.6 Å². The second-order valence-electron chi connectivity index (χ2n) is 9.12. The van der Waals surface area contributed by atoms with E-state index in [1.165, 1.54) is 15.6 Å². The highest BCUT2D eigenvalue weighted by Crippen LogP contribution is 2.34. The van der Waals surface area contributed by atoms with E-state index >= 15 is 0 Å². The van der Waals surface area contributed by atoms with Gasteiger partial charge in [0, 0.05) is 12.3 Å². The van der Waals surface area contributed by atoms with Crippen molar-refractivity contribution in [3.8, 4) is 6.07 Å². The van der Waals surface area contributed by atoms with E-state index in [2.05, 4.69) is 46.7 Å². The van der Waals surface area contributed by atoms with E-state index < -0.39 is 0 Å². The minimum absolute atomic E-state index is 0. The molecule has 6 rings (SSSR count). The molecule has 1 aliphatic rings. The summed E-state index contributed by atoms with van der Waals surface area (Å²) in [6.07, 6.45) is 4.20. The fraction of sp³-hybridized carbons (Fsp3) is 0.207. The minimum Gasteiger partial charge on any atom is -0.295 e. The van der Waals surface area contributed by atoms with Gasteiger partial charge in [-0.1, -0.05) is 66.7 Å². The summed E-state index contributed by atoms with van der Waals surface area (Å²) in [5.41, 5.74) is 3.24. The molecule has 2 aromatic heterocycles. The van der Waals surface area contributed by atoms with Crippen molar-refractivity contribution in [1.82, 2.24) is 14.9 Å². The third kappa shape index (κ3) is 4.14. The molecule has 5 aromatic rings. The van der Waals surface area contributed by atoms with Gasteiger partial charge in [0.05, 0.1) is 24.3 Å². The molecule has 0 fully saturated rings. The number of thiophene rings is 1. The topological polar surface area (TPSA) is 70.7 Å². The van der Waals surface area contributed by atoms with Gasteiger partial charge in [-0.05, 0) is 52.8 Å². The first kappa shape index (κ1) is 21.7. The van der Waals surface area contributed by atoms with Gasteiger partial charge in [-0.25, -0.2) is 4.98 Å². The molecule has 2 heterocycles. The van der Waals surface area contributed by atoms with Crippen LogP contribution in [-0.2, 0) is 19.4 Å².